The summed E-state index contributed by atoms with van der Waals surface area (Å²) < 4.78 is 36.4. The standard InChI is InChI=1S/C11H17F3N2O3/c1-6-3-4-16(8(6)9(17)18)10(19)15-7(2)5-11(12,13)14/h6-8H,3-5H2,1-2H3,(H,15,19)(H,17,18). The Morgan fingerprint density at radius 2 is 2.05 bits per heavy atom. The zero-order valence-corrected chi connectivity index (χ0v) is 10.7. The van der Waals surface area contributed by atoms with Crippen LogP contribution in [0.4, 0.5) is 18.0 Å². The van der Waals surface area contributed by atoms with Gasteiger partial charge in [0, 0.05) is 12.6 Å². The van der Waals surface area contributed by atoms with Crippen LogP contribution in [-0.2, 0) is 4.79 Å². The molecule has 1 fully saturated rings. The van der Waals surface area contributed by atoms with Crippen LogP contribution in [0.1, 0.15) is 26.7 Å². The third kappa shape index (κ3) is 4.29. The van der Waals surface area contributed by atoms with E-state index in [1.54, 1.807) is 6.92 Å². The van der Waals surface area contributed by atoms with Gasteiger partial charge >= 0.3 is 18.2 Å². The highest BCUT2D eigenvalue weighted by molar-refractivity contribution is 5.83. The van der Waals surface area contributed by atoms with Gasteiger partial charge in [0.2, 0.25) is 0 Å². The SMILES string of the molecule is CC(CC(F)(F)F)NC(=O)N1CCC(C)C1C(=O)O. The molecular weight excluding hydrogens is 265 g/mol. The average molecular weight is 282 g/mol. The summed E-state index contributed by atoms with van der Waals surface area (Å²) in [5.74, 6) is -1.34. The van der Waals surface area contributed by atoms with Crippen LogP contribution in [0.2, 0.25) is 0 Å². The van der Waals surface area contributed by atoms with Gasteiger partial charge in [0.25, 0.3) is 0 Å². The van der Waals surface area contributed by atoms with Gasteiger partial charge in [-0.15, -0.1) is 0 Å². The zero-order chi connectivity index (χ0) is 14.8. The number of nitrogens with zero attached hydrogens (tertiary/aromatic N) is 1. The minimum atomic E-state index is -4.36. The number of hydrogen-bond acceptors (Lipinski definition) is 2. The normalized spacial score (nSPS) is 25.2. The number of amides is 2. The molecule has 0 aromatic heterocycles. The summed E-state index contributed by atoms with van der Waals surface area (Å²) >= 11 is 0. The minimum absolute atomic E-state index is 0.207. The average Bonchev–Trinajstić information content (AvgIpc) is 2.56. The lowest BCUT2D eigenvalue weighted by molar-refractivity contribution is -0.143. The lowest BCUT2D eigenvalue weighted by Gasteiger charge is -2.26. The highest BCUT2D eigenvalue weighted by Crippen LogP contribution is 2.25. The molecule has 3 atom stereocenters. The fourth-order valence-corrected chi connectivity index (χ4v) is 2.24. The Hall–Kier alpha value is -1.47. The summed E-state index contributed by atoms with van der Waals surface area (Å²) in [6.45, 7) is 3.18. The Morgan fingerprint density at radius 1 is 1.47 bits per heavy atom. The fourth-order valence-electron chi connectivity index (χ4n) is 2.24. The molecule has 0 radical (unpaired) electrons. The van der Waals surface area contributed by atoms with Gasteiger partial charge < -0.3 is 15.3 Å². The molecule has 8 heteroatoms. The molecule has 3 unspecified atom stereocenters. The number of nitrogens with one attached hydrogen (secondary N) is 1. The van der Waals surface area contributed by atoms with Crippen molar-refractivity contribution in [1.29, 1.82) is 0 Å². The number of aliphatic carboxylic acids is 1. The Balaban J connectivity index is 2.60. The lowest BCUT2D eigenvalue weighted by atomic mass is 10.0. The third-order valence-electron chi connectivity index (χ3n) is 3.12. The van der Waals surface area contributed by atoms with E-state index in [0.717, 1.165) is 4.90 Å². The fraction of sp³-hybridized carbons (Fsp3) is 0.818. The van der Waals surface area contributed by atoms with Crippen molar-refractivity contribution < 1.29 is 27.9 Å². The first kappa shape index (κ1) is 15.6. The van der Waals surface area contributed by atoms with Crippen LogP contribution in [0.3, 0.4) is 0 Å². The van der Waals surface area contributed by atoms with E-state index in [2.05, 4.69) is 5.32 Å². The van der Waals surface area contributed by atoms with Crippen molar-refractivity contribution in [3.05, 3.63) is 0 Å². The molecule has 110 valence electrons. The number of urea groups is 1. The number of carbonyl (C=O) groups is 2. The van der Waals surface area contributed by atoms with Crippen molar-refractivity contribution in [3.8, 4) is 0 Å². The molecule has 1 aliphatic rings. The van der Waals surface area contributed by atoms with E-state index in [1.807, 2.05) is 0 Å². The Labute approximate surface area is 108 Å². The molecule has 0 aromatic carbocycles. The van der Waals surface area contributed by atoms with Crippen molar-refractivity contribution in [2.75, 3.05) is 6.54 Å². The van der Waals surface area contributed by atoms with Gasteiger partial charge in [-0.1, -0.05) is 6.92 Å². The van der Waals surface area contributed by atoms with E-state index < -0.39 is 36.7 Å². The number of hydrogen-bond donors (Lipinski definition) is 2. The summed E-state index contributed by atoms with van der Waals surface area (Å²) in [6, 6.07) is -2.82. The van der Waals surface area contributed by atoms with Crippen LogP contribution < -0.4 is 5.32 Å². The molecule has 0 saturated carbocycles. The second kappa shape index (κ2) is 5.66. The van der Waals surface area contributed by atoms with Gasteiger partial charge in [-0.3, -0.25) is 0 Å². The summed E-state index contributed by atoms with van der Waals surface area (Å²) in [5.41, 5.74) is 0. The van der Waals surface area contributed by atoms with E-state index in [1.165, 1.54) is 6.92 Å². The molecule has 0 aromatic rings. The van der Waals surface area contributed by atoms with Crippen LogP contribution in [-0.4, -0.2) is 46.8 Å². The molecule has 1 saturated heterocycles. The predicted octanol–water partition coefficient (Wildman–Crippen LogP) is 1.83. The van der Waals surface area contributed by atoms with Gasteiger partial charge in [-0.25, -0.2) is 9.59 Å². The van der Waals surface area contributed by atoms with Crippen molar-refractivity contribution in [3.63, 3.8) is 0 Å². The highest BCUT2D eigenvalue weighted by Gasteiger charge is 2.40. The molecule has 5 nitrogen and oxygen atoms in total. The van der Waals surface area contributed by atoms with Crippen LogP contribution >= 0.6 is 0 Å². The smallest absolute Gasteiger partial charge is 0.391 e. The second-order valence-corrected chi connectivity index (χ2v) is 4.91. The summed E-state index contributed by atoms with van der Waals surface area (Å²) in [6.07, 6.45) is -4.98. The molecule has 1 aliphatic heterocycles. The Morgan fingerprint density at radius 3 is 2.53 bits per heavy atom. The monoisotopic (exact) mass is 282 g/mol. The number of alkyl halides is 3. The summed E-state index contributed by atoms with van der Waals surface area (Å²) in [5, 5.41) is 11.2. The first-order chi connectivity index (χ1) is 8.61. The lowest BCUT2D eigenvalue weighted by Crippen LogP contribution is -2.50. The van der Waals surface area contributed by atoms with E-state index in [0.29, 0.717) is 6.42 Å². The maximum atomic E-state index is 12.1. The van der Waals surface area contributed by atoms with Crippen LogP contribution in [0.5, 0.6) is 0 Å². The van der Waals surface area contributed by atoms with E-state index in [-0.39, 0.29) is 12.5 Å². The van der Waals surface area contributed by atoms with Gasteiger partial charge in [-0.2, -0.15) is 13.2 Å². The maximum Gasteiger partial charge on any atom is 0.391 e. The van der Waals surface area contributed by atoms with Gasteiger partial charge in [0.15, 0.2) is 0 Å². The van der Waals surface area contributed by atoms with Crippen LogP contribution in [0.25, 0.3) is 0 Å². The summed E-state index contributed by atoms with van der Waals surface area (Å²) in [4.78, 5) is 23.9. The molecule has 1 rings (SSSR count). The summed E-state index contributed by atoms with van der Waals surface area (Å²) in [7, 11) is 0. The van der Waals surface area contributed by atoms with E-state index in [9.17, 15) is 22.8 Å². The topological polar surface area (TPSA) is 69.6 Å². The van der Waals surface area contributed by atoms with Crippen LogP contribution in [0, 0.1) is 5.92 Å². The Kier molecular flexibility index (Phi) is 4.65. The third-order valence-corrected chi connectivity index (χ3v) is 3.12. The molecule has 1 heterocycles. The van der Waals surface area contributed by atoms with Crippen molar-refractivity contribution >= 4 is 12.0 Å². The molecular formula is C11H17F3N2O3. The minimum Gasteiger partial charge on any atom is -0.480 e. The number of carboxylic acid groups (broad SMARTS) is 1. The van der Waals surface area contributed by atoms with E-state index in [4.69, 9.17) is 5.11 Å². The van der Waals surface area contributed by atoms with Gasteiger partial charge in [0.05, 0.1) is 6.42 Å². The number of rotatable bonds is 3. The van der Waals surface area contributed by atoms with Gasteiger partial charge in [-0.05, 0) is 19.3 Å². The molecule has 0 aliphatic carbocycles. The molecule has 0 spiro atoms. The quantitative estimate of drug-likeness (QED) is 0.829. The zero-order valence-electron chi connectivity index (χ0n) is 10.7. The predicted molar refractivity (Wildman–Crippen MR) is 60.6 cm³/mol. The Bertz CT molecular complexity index is 360. The van der Waals surface area contributed by atoms with Crippen molar-refractivity contribution in [2.45, 2.75) is 44.9 Å². The maximum absolute atomic E-state index is 12.1. The molecule has 2 N–H and O–H groups in total. The van der Waals surface area contributed by atoms with E-state index >= 15 is 0 Å². The number of likely N-dealkylation sites (tertiary alicyclic amines) is 1. The number of carboxylic acids is 1. The molecule has 19 heavy (non-hydrogen) atoms. The largest absolute Gasteiger partial charge is 0.480 e. The first-order valence-corrected chi connectivity index (χ1v) is 5.98. The van der Waals surface area contributed by atoms with Crippen molar-refractivity contribution in [2.24, 2.45) is 5.92 Å². The number of halogens is 3. The number of carbonyl (C=O) groups excluding carboxylic acids is 1. The first-order valence-electron chi connectivity index (χ1n) is 5.98. The van der Waals surface area contributed by atoms with Crippen molar-refractivity contribution in [1.82, 2.24) is 10.2 Å². The highest BCUT2D eigenvalue weighted by atomic mass is 19.4. The second-order valence-electron chi connectivity index (χ2n) is 4.91. The van der Waals surface area contributed by atoms with Crippen LogP contribution in [0.15, 0.2) is 0 Å². The molecule has 2 amide bonds. The molecule has 0 bridgehead atoms. The van der Waals surface area contributed by atoms with Gasteiger partial charge in [0.1, 0.15) is 6.04 Å².